The molecule has 100 valence electrons. The van der Waals surface area contributed by atoms with Crippen molar-refractivity contribution in [2.75, 3.05) is 0 Å². The van der Waals surface area contributed by atoms with Crippen LogP contribution in [0.4, 0.5) is 0 Å². The maximum Gasteiger partial charge on any atom is 0.0884 e. The van der Waals surface area contributed by atoms with Crippen LogP contribution in [0, 0.1) is 6.92 Å². The first-order valence-electron chi connectivity index (χ1n) is 6.61. The van der Waals surface area contributed by atoms with E-state index >= 15 is 0 Å². The number of rotatable bonds is 4. The maximum atomic E-state index is 5.71. The smallest absolute Gasteiger partial charge is 0.0884 e. The lowest BCUT2D eigenvalue weighted by molar-refractivity contribution is 0.616. The number of benzene rings is 1. The first-order chi connectivity index (χ1) is 9.13. The average molecular weight is 255 g/mol. The van der Waals surface area contributed by atoms with E-state index in [1.807, 2.05) is 6.07 Å². The van der Waals surface area contributed by atoms with Crippen LogP contribution in [0.3, 0.4) is 0 Å². The molecule has 1 unspecified atom stereocenters. The summed E-state index contributed by atoms with van der Waals surface area (Å²) >= 11 is 0. The Morgan fingerprint density at radius 3 is 2.21 bits per heavy atom. The van der Waals surface area contributed by atoms with Crippen LogP contribution < -0.4 is 11.3 Å². The number of aryl methyl sites for hydroxylation is 1. The molecule has 1 aromatic carbocycles. The molecule has 0 radical (unpaired) electrons. The predicted octanol–water partition coefficient (Wildman–Crippen LogP) is 3.07. The molecule has 2 rings (SSSR count). The SMILES string of the molecule is Cc1cccnc1C(NN)c1ccc(C(C)C)cc1. The molecular formula is C16H21N3. The van der Waals surface area contributed by atoms with Crippen molar-refractivity contribution < 1.29 is 0 Å². The van der Waals surface area contributed by atoms with E-state index in [1.165, 1.54) is 5.56 Å². The minimum atomic E-state index is -0.0672. The van der Waals surface area contributed by atoms with Gasteiger partial charge in [-0.2, -0.15) is 0 Å². The highest BCUT2D eigenvalue weighted by atomic mass is 15.2. The molecule has 0 fully saturated rings. The third-order valence-corrected chi connectivity index (χ3v) is 3.43. The van der Waals surface area contributed by atoms with E-state index in [2.05, 4.69) is 61.5 Å². The van der Waals surface area contributed by atoms with Crippen molar-refractivity contribution in [2.24, 2.45) is 5.84 Å². The zero-order valence-electron chi connectivity index (χ0n) is 11.7. The van der Waals surface area contributed by atoms with E-state index in [9.17, 15) is 0 Å². The third kappa shape index (κ3) is 3.00. The average Bonchev–Trinajstić information content (AvgIpc) is 2.42. The number of aromatic nitrogens is 1. The van der Waals surface area contributed by atoms with Crippen LogP contribution >= 0.6 is 0 Å². The molecule has 3 heteroatoms. The van der Waals surface area contributed by atoms with Crippen molar-refractivity contribution in [1.29, 1.82) is 0 Å². The van der Waals surface area contributed by atoms with Crippen molar-refractivity contribution in [3.05, 3.63) is 65.0 Å². The van der Waals surface area contributed by atoms with Crippen LogP contribution in [0.1, 0.15) is 48.2 Å². The second-order valence-electron chi connectivity index (χ2n) is 5.13. The Bertz CT molecular complexity index is 532. The molecule has 1 atom stereocenters. The summed E-state index contributed by atoms with van der Waals surface area (Å²) in [6.07, 6.45) is 1.80. The van der Waals surface area contributed by atoms with Gasteiger partial charge in [0.1, 0.15) is 0 Å². The molecular weight excluding hydrogens is 234 g/mol. The molecule has 0 saturated heterocycles. The fourth-order valence-electron chi connectivity index (χ4n) is 2.21. The normalized spacial score (nSPS) is 12.7. The monoisotopic (exact) mass is 255 g/mol. The number of pyridine rings is 1. The van der Waals surface area contributed by atoms with E-state index in [1.54, 1.807) is 6.20 Å². The lowest BCUT2D eigenvalue weighted by Crippen LogP contribution is -2.30. The van der Waals surface area contributed by atoms with Crippen molar-refractivity contribution in [1.82, 2.24) is 10.4 Å². The van der Waals surface area contributed by atoms with Crippen LogP contribution in [0.15, 0.2) is 42.6 Å². The zero-order chi connectivity index (χ0) is 13.8. The molecule has 3 nitrogen and oxygen atoms in total. The first kappa shape index (κ1) is 13.7. The van der Waals surface area contributed by atoms with Gasteiger partial charge in [0.25, 0.3) is 0 Å². The number of nitrogens with one attached hydrogen (secondary N) is 1. The van der Waals surface area contributed by atoms with Crippen molar-refractivity contribution in [3.8, 4) is 0 Å². The van der Waals surface area contributed by atoms with E-state index in [4.69, 9.17) is 5.84 Å². The van der Waals surface area contributed by atoms with Crippen LogP contribution in [0.5, 0.6) is 0 Å². The van der Waals surface area contributed by atoms with Gasteiger partial charge in [0.05, 0.1) is 11.7 Å². The van der Waals surface area contributed by atoms with Gasteiger partial charge in [-0.15, -0.1) is 0 Å². The van der Waals surface area contributed by atoms with E-state index in [-0.39, 0.29) is 6.04 Å². The molecule has 1 heterocycles. The van der Waals surface area contributed by atoms with Crippen molar-refractivity contribution >= 4 is 0 Å². The lowest BCUT2D eigenvalue weighted by atomic mass is 9.96. The maximum absolute atomic E-state index is 5.71. The van der Waals surface area contributed by atoms with Gasteiger partial charge < -0.3 is 0 Å². The largest absolute Gasteiger partial charge is 0.271 e. The van der Waals surface area contributed by atoms with Crippen LogP contribution in [0.25, 0.3) is 0 Å². The predicted molar refractivity (Wildman–Crippen MR) is 78.7 cm³/mol. The summed E-state index contributed by atoms with van der Waals surface area (Å²) in [5.74, 6) is 6.25. The Labute approximate surface area is 114 Å². The van der Waals surface area contributed by atoms with E-state index < -0.39 is 0 Å². The second kappa shape index (κ2) is 5.95. The molecule has 19 heavy (non-hydrogen) atoms. The topological polar surface area (TPSA) is 50.9 Å². The highest BCUT2D eigenvalue weighted by molar-refractivity contribution is 5.34. The summed E-state index contributed by atoms with van der Waals surface area (Å²) in [6.45, 7) is 6.43. The molecule has 0 aliphatic heterocycles. The number of hydrazine groups is 1. The molecule has 2 aromatic rings. The molecule has 0 aliphatic rings. The van der Waals surface area contributed by atoms with Gasteiger partial charge in [-0.25, -0.2) is 5.43 Å². The van der Waals surface area contributed by atoms with E-state index in [0.29, 0.717) is 5.92 Å². The van der Waals surface area contributed by atoms with Gasteiger partial charge in [0, 0.05) is 6.20 Å². The minimum Gasteiger partial charge on any atom is -0.271 e. The Balaban J connectivity index is 2.35. The van der Waals surface area contributed by atoms with Crippen LogP contribution in [-0.4, -0.2) is 4.98 Å². The fraction of sp³-hybridized carbons (Fsp3) is 0.312. The number of hydrogen-bond acceptors (Lipinski definition) is 3. The highest BCUT2D eigenvalue weighted by Crippen LogP contribution is 2.24. The molecule has 0 amide bonds. The third-order valence-electron chi connectivity index (χ3n) is 3.43. The lowest BCUT2D eigenvalue weighted by Gasteiger charge is -2.18. The Morgan fingerprint density at radius 2 is 1.68 bits per heavy atom. The van der Waals surface area contributed by atoms with Crippen molar-refractivity contribution in [2.45, 2.75) is 32.7 Å². The minimum absolute atomic E-state index is 0.0672. The molecule has 1 aromatic heterocycles. The van der Waals surface area contributed by atoms with Crippen LogP contribution in [0.2, 0.25) is 0 Å². The summed E-state index contributed by atoms with van der Waals surface area (Å²) < 4.78 is 0. The van der Waals surface area contributed by atoms with Gasteiger partial charge in [0.15, 0.2) is 0 Å². The molecule has 0 bridgehead atoms. The summed E-state index contributed by atoms with van der Waals surface area (Å²) in [5, 5.41) is 0. The van der Waals surface area contributed by atoms with Gasteiger partial charge >= 0.3 is 0 Å². The highest BCUT2D eigenvalue weighted by Gasteiger charge is 2.15. The Hall–Kier alpha value is -1.71. The second-order valence-corrected chi connectivity index (χ2v) is 5.13. The van der Waals surface area contributed by atoms with Crippen molar-refractivity contribution in [3.63, 3.8) is 0 Å². The van der Waals surface area contributed by atoms with Gasteiger partial charge in [0.2, 0.25) is 0 Å². The first-order valence-corrected chi connectivity index (χ1v) is 6.61. The molecule has 0 spiro atoms. The Kier molecular flexibility index (Phi) is 4.30. The van der Waals surface area contributed by atoms with Crippen LogP contribution in [-0.2, 0) is 0 Å². The molecule has 3 N–H and O–H groups in total. The summed E-state index contributed by atoms with van der Waals surface area (Å²) in [6, 6.07) is 12.5. The Morgan fingerprint density at radius 1 is 1.05 bits per heavy atom. The zero-order valence-corrected chi connectivity index (χ0v) is 11.7. The number of hydrogen-bond donors (Lipinski definition) is 2. The number of nitrogens with zero attached hydrogens (tertiary/aromatic N) is 1. The molecule has 0 aliphatic carbocycles. The molecule has 0 saturated carbocycles. The van der Waals surface area contributed by atoms with E-state index in [0.717, 1.165) is 16.8 Å². The standard InChI is InChI=1S/C16H21N3/c1-11(2)13-6-8-14(9-7-13)16(19-17)15-12(3)5-4-10-18-15/h4-11,16,19H,17H2,1-3H3. The summed E-state index contributed by atoms with van der Waals surface area (Å²) in [5.41, 5.74) is 7.44. The number of nitrogens with two attached hydrogens (primary N) is 1. The van der Waals surface area contributed by atoms with Gasteiger partial charge in [-0.05, 0) is 35.6 Å². The fourth-order valence-corrected chi connectivity index (χ4v) is 2.21. The van der Waals surface area contributed by atoms with Gasteiger partial charge in [-0.1, -0.05) is 44.2 Å². The quantitative estimate of drug-likeness (QED) is 0.652. The summed E-state index contributed by atoms with van der Waals surface area (Å²) in [4.78, 5) is 4.44. The summed E-state index contributed by atoms with van der Waals surface area (Å²) in [7, 11) is 0. The van der Waals surface area contributed by atoms with Gasteiger partial charge in [-0.3, -0.25) is 10.8 Å².